The summed E-state index contributed by atoms with van der Waals surface area (Å²) in [4.78, 5) is 35.9. The molecule has 1 saturated heterocycles. The molecule has 7 heteroatoms. The normalized spacial score (nSPS) is 17.5. The Labute approximate surface area is 129 Å². The Hall–Kier alpha value is -1.24. The van der Waals surface area contributed by atoms with Crippen LogP contribution in [0.3, 0.4) is 0 Å². The van der Waals surface area contributed by atoms with E-state index in [0.717, 1.165) is 25.9 Å². The van der Waals surface area contributed by atoms with Crippen molar-refractivity contribution in [2.45, 2.75) is 45.1 Å². The molecule has 2 amide bonds. The topological polar surface area (TPSA) is 86.7 Å². The fourth-order valence-electron chi connectivity index (χ4n) is 2.27. The molecular weight excluding hydrogens is 292 g/mol. The third-order valence-corrected chi connectivity index (χ3v) is 4.41. The monoisotopic (exact) mass is 316 g/mol. The molecule has 0 aliphatic carbocycles. The summed E-state index contributed by atoms with van der Waals surface area (Å²) in [6.45, 7) is 2.88. The summed E-state index contributed by atoms with van der Waals surface area (Å²) in [6, 6.07) is -0.937. The van der Waals surface area contributed by atoms with E-state index < -0.39 is 12.0 Å². The highest BCUT2D eigenvalue weighted by Crippen LogP contribution is 2.12. The van der Waals surface area contributed by atoms with Gasteiger partial charge in [-0.3, -0.25) is 9.59 Å². The molecule has 1 heterocycles. The van der Waals surface area contributed by atoms with Crippen LogP contribution in [0.25, 0.3) is 0 Å². The van der Waals surface area contributed by atoms with Crippen LogP contribution in [0.15, 0.2) is 0 Å². The van der Waals surface area contributed by atoms with Crippen LogP contribution in [0, 0.1) is 0 Å². The first kappa shape index (κ1) is 17.8. The Bertz CT molecular complexity index is 368. The van der Waals surface area contributed by atoms with E-state index in [4.69, 9.17) is 5.11 Å². The van der Waals surface area contributed by atoms with Crippen molar-refractivity contribution in [1.82, 2.24) is 10.2 Å². The van der Waals surface area contributed by atoms with Crippen LogP contribution in [0.1, 0.15) is 39.0 Å². The molecule has 1 aliphatic heterocycles. The third-order valence-electron chi connectivity index (χ3n) is 3.39. The molecule has 120 valence electrons. The number of carboxylic acids is 1. The zero-order chi connectivity index (χ0) is 15.7. The Morgan fingerprint density at radius 2 is 1.71 bits per heavy atom. The predicted octanol–water partition coefficient (Wildman–Crippen LogP) is 1.10. The fraction of sp³-hybridized carbons (Fsp3) is 0.786. The van der Waals surface area contributed by atoms with Gasteiger partial charge in [0.05, 0.1) is 5.75 Å². The van der Waals surface area contributed by atoms with Gasteiger partial charge in [0.1, 0.15) is 6.04 Å². The summed E-state index contributed by atoms with van der Waals surface area (Å²) >= 11 is 1.26. The van der Waals surface area contributed by atoms with E-state index in [0.29, 0.717) is 0 Å². The third kappa shape index (κ3) is 7.36. The minimum absolute atomic E-state index is 0.0638. The van der Waals surface area contributed by atoms with Gasteiger partial charge in [0.25, 0.3) is 0 Å². The van der Waals surface area contributed by atoms with Crippen LogP contribution in [-0.4, -0.2) is 58.4 Å². The summed E-state index contributed by atoms with van der Waals surface area (Å²) in [6.07, 6.45) is 5.66. The van der Waals surface area contributed by atoms with Crippen molar-refractivity contribution < 1.29 is 19.5 Å². The van der Waals surface area contributed by atoms with Gasteiger partial charge in [-0.15, -0.1) is 11.8 Å². The Morgan fingerprint density at radius 3 is 2.24 bits per heavy atom. The number of aliphatic carboxylic acids is 1. The Kier molecular flexibility index (Phi) is 8.19. The number of rotatable bonds is 6. The van der Waals surface area contributed by atoms with E-state index in [1.165, 1.54) is 37.9 Å². The summed E-state index contributed by atoms with van der Waals surface area (Å²) in [5, 5.41) is 11.3. The molecule has 1 atom stereocenters. The molecule has 21 heavy (non-hydrogen) atoms. The molecular formula is C14H24N2O4S. The van der Waals surface area contributed by atoms with Crippen molar-refractivity contribution in [1.29, 1.82) is 0 Å². The Morgan fingerprint density at radius 1 is 1.14 bits per heavy atom. The number of amides is 2. The van der Waals surface area contributed by atoms with Crippen molar-refractivity contribution in [3.8, 4) is 0 Å². The standard InChI is InChI=1S/C14H24N2O4S/c1-11(17)15-12(14(19)20)9-21-10-13(18)16-7-5-3-2-4-6-8-16/h12H,2-10H2,1H3,(H,15,17)(H,19,20). The average Bonchev–Trinajstić information content (AvgIpc) is 2.36. The van der Waals surface area contributed by atoms with Gasteiger partial charge >= 0.3 is 5.97 Å². The highest BCUT2D eigenvalue weighted by molar-refractivity contribution is 8.00. The minimum atomic E-state index is -1.07. The molecule has 0 saturated carbocycles. The Balaban J connectivity index is 2.33. The van der Waals surface area contributed by atoms with Gasteiger partial charge in [0.15, 0.2) is 0 Å². The minimum Gasteiger partial charge on any atom is -0.480 e. The van der Waals surface area contributed by atoms with Gasteiger partial charge in [-0.1, -0.05) is 19.3 Å². The molecule has 0 bridgehead atoms. The number of nitrogens with zero attached hydrogens (tertiary/aromatic N) is 1. The summed E-state index contributed by atoms with van der Waals surface area (Å²) in [7, 11) is 0. The van der Waals surface area contributed by atoms with E-state index in [1.807, 2.05) is 4.90 Å². The van der Waals surface area contributed by atoms with Crippen LogP contribution >= 0.6 is 11.8 Å². The fourth-order valence-corrected chi connectivity index (χ4v) is 3.21. The second-order valence-electron chi connectivity index (χ2n) is 5.26. The van der Waals surface area contributed by atoms with Gasteiger partial charge < -0.3 is 15.3 Å². The van der Waals surface area contributed by atoms with E-state index in [-0.39, 0.29) is 23.3 Å². The molecule has 0 spiro atoms. The van der Waals surface area contributed by atoms with Crippen LogP contribution in [0.2, 0.25) is 0 Å². The largest absolute Gasteiger partial charge is 0.480 e. The lowest BCUT2D eigenvalue weighted by atomic mass is 10.1. The quantitative estimate of drug-likeness (QED) is 0.766. The molecule has 0 aromatic heterocycles. The molecule has 1 rings (SSSR count). The van der Waals surface area contributed by atoms with E-state index in [9.17, 15) is 14.4 Å². The lowest BCUT2D eigenvalue weighted by Crippen LogP contribution is -2.42. The first-order valence-corrected chi connectivity index (χ1v) is 8.51. The van der Waals surface area contributed by atoms with E-state index in [2.05, 4.69) is 5.32 Å². The maximum atomic E-state index is 12.1. The van der Waals surface area contributed by atoms with Crippen molar-refractivity contribution >= 4 is 29.5 Å². The molecule has 1 aliphatic rings. The van der Waals surface area contributed by atoms with Crippen LogP contribution in [0.4, 0.5) is 0 Å². The summed E-state index contributed by atoms with van der Waals surface area (Å²) in [5.74, 6) is -0.916. The maximum absolute atomic E-state index is 12.1. The van der Waals surface area contributed by atoms with Crippen molar-refractivity contribution in [3.05, 3.63) is 0 Å². The lowest BCUT2D eigenvalue weighted by molar-refractivity contribution is -0.140. The summed E-state index contributed by atoms with van der Waals surface area (Å²) < 4.78 is 0. The van der Waals surface area contributed by atoms with E-state index in [1.54, 1.807) is 0 Å². The van der Waals surface area contributed by atoms with Gasteiger partial charge in [-0.2, -0.15) is 0 Å². The second kappa shape index (κ2) is 9.65. The van der Waals surface area contributed by atoms with Gasteiger partial charge in [0, 0.05) is 25.8 Å². The predicted molar refractivity (Wildman–Crippen MR) is 82.2 cm³/mol. The molecule has 6 nitrogen and oxygen atoms in total. The van der Waals surface area contributed by atoms with Crippen molar-refractivity contribution in [2.24, 2.45) is 0 Å². The van der Waals surface area contributed by atoms with Gasteiger partial charge in [0.2, 0.25) is 11.8 Å². The maximum Gasteiger partial charge on any atom is 0.327 e. The molecule has 0 radical (unpaired) electrons. The second-order valence-corrected chi connectivity index (χ2v) is 6.29. The first-order valence-electron chi connectivity index (χ1n) is 7.36. The number of carbonyl (C=O) groups excluding carboxylic acids is 2. The van der Waals surface area contributed by atoms with Crippen molar-refractivity contribution in [2.75, 3.05) is 24.6 Å². The highest BCUT2D eigenvalue weighted by Gasteiger charge is 2.20. The molecule has 2 N–H and O–H groups in total. The van der Waals surface area contributed by atoms with Gasteiger partial charge in [-0.05, 0) is 12.8 Å². The smallest absolute Gasteiger partial charge is 0.327 e. The number of hydrogen-bond acceptors (Lipinski definition) is 4. The first-order chi connectivity index (χ1) is 10.0. The SMILES string of the molecule is CC(=O)NC(CSCC(=O)N1CCCCCCC1)C(=O)O. The molecule has 0 aromatic carbocycles. The lowest BCUT2D eigenvalue weighted by Gasteiger charge is -2.25. The number of hydrogen-bond donors (Lipinski definition) is 2. The number of nitrogens with one attached hydrogen (secondary N) is 1. The molecule has 0 aromatic rings. The van der Waals surface area contributed by atoms with Crippen LogP contribution in [-0.2, 0) is 14.4 Å². The number of carbonyl (C=O) groups is 3. The van der Waals surface area contributed by atoms with Crippen molar-refractivity contribution in [3.63, 3.8) is 0 Å². The average molecular weight is 316 g/mol. The number of carboxylic acid groups (broad SMARTS) is 1. The number of likely N-dealkylation sites (tertiary alicyclic amines) is 1. The number of thioether (sulfide) groups is 1. The van der Waals surface area contributed by atoms with Crippen LogP contribution < -0.4 is 5.32 Å². The van der Waals surface area contributed by atoms with Gasteiger partial charge in [-0.25, -0.2) is 4.79 Å². The molecule has 1 unspecified atom stereocenters. The molecule has 1 fully saturated rings. The zero-order valence-electron chi connectivity index (χ0n) is 12.5. The van der Waals surface area contributed by atoms with E-state index >= 15 is 0 Å². The highest BCUT2D eigenvalue weighted by atomic mass is 32.2. The summed E-state index contributed by atoms with van der Waals surface area (Å²) in [5.41, 5.74) is 0. The van der Waals surface area contributed by atoms with Crippen LogP contribution in [0.5, 0.6) is 0 Å². The zero-order valence-corrected chi connectivity index (χ0v) is 13.3.